The number of carboxylic acid groups (broad SMARTS) is 1. The summed E-state index contributed by atoms with van der Waals surface area (Å²) in [5.41, 5.74) is 0.162. The van der Waals surface area contributed by atoms with E-state index < -0.39 is 17.6 Å². The lowest BCUT2D eigenvalue weighted by molar-refractivity contribution is -0.138. The van der Waals surface area contributed by atoms with Crippen molar-refractivity contribution in [3.8, 4) is 0 Å². The lowest BCUT2D eigenvalue weighted by atomic mass is 10.2. The topological polar surface area (TPSA) is 80.9 Å². The number of thioether (sulfide) groups is 1. The molecule has 1 aromatic carbocycles. The van der Waals surface area contributed by atoms with E-state index in [9.17, 15) is 13.6 Å². The molecule has 1 heterocycles. The second-order valence-electron chi connectivity index (χ2n) is 3.51. The third-order valence-corrected chi connectivity index (χ3v) is 3.18. The summed E-state index contributed by atoms with van der Waals surface area (Å²) in [5.74, 6) is -2.84. The van der Waals surface area contributed by atoms with Crippen molar-refractivity contribution >= 4 is 17.7 Å². The normalized spacial score (nSPS) is 10.6. The molecule has 6 nitrogen and oxygen atoms in total. The Balaban J connectivity index is 2.08. The smallest absolute Gasteiger partial charge is 0.325 e. The first kappa shape index (κ1) is 13.4. The second kappa shape index (κ2) is 5.74. The molecule has 100 valence electrons. The van der Waals surface area contributed by atoms with Gasteiger partial charge >= 0.3 is 5.97 Å². The molecule has 19 heavy (non-hydrogen) atoms. The van der Waals surface area contributed by atoms with Gasteiger partial charge in [0.1, 0.15) is 6.54 Å². The van der Waals surface area contributed by atoms with Crippen molar-refractivity contribution in [2.24, 2.45) is 0 Å². The van der Waals surface area contributed by atoms with Crippen LogP contribution in [0.25, 0.3) is 0 Å². The maximum absolute atomic E-state index is 13.4. The van der Waals surface area contributed by atoms with Crippen LogP contribution in [0, 0.1) is 11.6 Å². The molecule has 2 rings (SSSR count). The van der Waals surface area contributed by atoms with E-state index >= 15 is 0 Å². The molecule has 0 atom stereocenters. The summed E-state index contributed by atoms with van der Waals surface area (Å²) >= 11 is 1.03. The van der Waals surface area contributed by atoms with Gasteiger partial charge in [0, 0.05) is 11.3 Å². The molecule has 9 heteroatoms. The zero-order chi connectivity index (χ0) is 13.8. The van der Waals surface area contributed by atoms with Gasteiger partial charge in [-0.2, -0.15) is 0 Å². The number of nitrogens with zero attached hydrogens (tertiary/aromatic N) is 4. The van der Waals surface area contributed by atoms with Gasteiger partial charge in [-0.3, -0.25) is 4.79 Å². The molecule has 0 fully saturated rings. The second-order valence-corrected chi connectivity index (χ2v) is 4.46. The minimum Gasteiger partial charge on any atom is -0.480 e. The molecule has 0 saturated carbocycles. The number of tetrazole rings is 1. The van der Waals surface area contributed by atoms with Gasteiger partial charge in [0.05, 0.1) is 0 Å². The van der Waals surface area contributed by atoms with Crippen LogP contribution in [-0.2, 0) is 17.1 Å². The molecule has 0 saturated heterocycles. The van der Waals surface area contributed by atoms with E-state index in [-0.39, 0.29) is 23.0 Å². The predicted octanol–water partition coefficient (Wildman–Crippen LogP) is 1.33. The maximum Gasteiger partial charge on any atom is 0.325 e. The Morgan fingerprint density at radius 1 is 1.42 bits per heavy atom. The molecule has 0 radical (unpaired) electrons. The van der Waals surface area contributed by atoms with Gasteiger partial charge in [0.25, 0.3) is 0 Å². The summed E-state index contributed by atoms with van der Waals surface area (Å²) in [6.07, 6.45) is 0. The Morgan fingerprint density at radius 2 is 2.21 bits per heavy atom. The van der Waals surface area contributed by atoms with Crippen molar-refractivity contribution in [2.45, 2.75) is 17.5 Å². The van der Waals surface area contributed by atoms with Crippen LogP contribution in [0.5, 0.6) is 0 Å². The van der Waals surface area contributed by atoms with Gasteiger partial charge < -0.3 is 5.11 Å². The van der Waals surface area contributed by atoms with Crippen LogP contribution in [0.1, 0.15) is 5.56 Å². The Morgan fingerprint density at radius 3 is 2.95 bits per heavy atom. The Kier molecular flexibility index (Phi) is 4.05. The van der Waals surface area contributed by atoms with Crippen molar-refractivity contribution < 1.29 is 18.7 Å². The lowest BCUT2D eigenvalue weighted by Crippen LogP contribution is -2.11. The average molecular weight is 286 g/mol. The van der Waals surface area contributed by atoms with E-state index in [2.05, 4.69) is 15.5 Å². The zero-order valence-corrected chi connectivity index (χ0v) is 10.3. The van der Waals surface area contributed by atoms with Crippen LogP contribution in [0.2, 0.25) is 0 Å². The van der Waals surface area contributed by atoms with E-state index in [1.807, 2.05) is 0 Å². The first-order valence-corrected chi connectivity index (χ1v) is 6.10. The quantitative estimate of drug-likeness (QED) is 0.835. The van der Waals surface area contributed by atoms with Crippen LogP contribution in [0.3, 0.4) is 0 Å². The first-order valence-electron chi connectivity index (χ1n) is 5.11. The van der Waals surface area contributed by atoms with Gasteiger partial charge in [-0.25, -0.2) is 13.5 Å². The molecule has 1 aromatic heterocycles. The van der Waals surface area contributed by atoms with Crippen LogP contribution in [-0.4, -0.2) is 31.3 Å². The molecule has 0 aliphatic rings. The highest BCUT2D eigenvalue weighted by atomic mass is 32.2. The number of benzene rings is 1. The van der Waals surface area contributed by atoms with Crippen molar-refractivity contribution in [1.29, 1.82) is 0 Å². The first-order chi connectivity index (χ1) is 9.08. The van der Waals surface area contributed by atoms with E-state index in [0.717, 1.165) is 22.5 Å². The molecule has 0 amide bonds. The van der Waals surface area contributed by atoms with E-state index in [1.165, 1.54) is 12.1 Å². The summed E-state index contributed by atoms with van der Waals surface area (Å²) in [7, 11) is 0. The SMILES string of the molecule is O=C(O)Cn1nnnc1SCc1cccc(F)c1F. The highest BCUT2D eigenvalue weighted by molar-refractivity contribution is 7.98. The fraction of sp³-hybridized carbons (Fsp3) is 0.200. The summed E-state index contributed by atoms with van der Waals surface area (Å²) in [4.78, 5) is 10.6. The van der Waals surface area contributed by atoms with Gasteiger partial charge in [-0.15, -0.1) is 5.10 Å². The van der Waals surface area contributed by atoms with Crippen molar-refractivity contribution in [3.05, 3.63) is 35.4 Å². The number of carbonyl (C=O) groups is 1. The molecule has 1 N–H and O–H groups in total. The third kappa shape index (κ3) is 3.25. The van der Waals surface area contributed by atoms with Gasteiger partial charge in [-0.1, -0.05) is 23.9 Å². The van der Waals surface area contributed by atoms with Crippen LogP contribution >= 0.6 is 11.8 Å². The average Bonchev–Trinajstić information content (AvgIpc) is 2.78. The van der Waals surface area contributed by atoms with Crippen LogP contribution < -0.4 is 0 Å². The van der Waals surface area contributed by atoms with Crippen LogP contribution in [0.4, 0.5) is 8.78 Å². The molecule has 0 aliphatic heterocycles. The standard InChI is InChI=1S/C10H8F2N4O2S/c11-7-3-1-2-6(9(7)12)5-19-10-13-14-15-16(10)4-8(17)18/h1-3H,4-5H2,(H,17,18). The van der Waals surface area contributed by atoms with E-state index in [0.29, 0.717) is 0 Å². The Bertz CT molecular complexity index is 605. The highest BCUT2D eigenvalue weighted by Crippen LogP contribution is 2.22. The number of hydrogen-bond acceptors (Lipinski definition) is 5. The number of aliphatic carboxylic acids is 1. The minimum absolute atomic E-state index is 0.101. The number of halogens is 2. The third-order valence-electron chi connectivity index (χ3n) is 2.17. The number of carboxylic acids is 1. The van der Waals surface area contributed by atoms with Crippen molar-refractivity contribution in [3.63, 3.8) is 0 Å². The highest BCUT2D eigenvalue weighted by Gasteiger charge is 2.13. The largest absolute Gasteiger partial charge is 0.480 e. The number of rotatable bonds is 5. The lowest BCUT2D eigenvalue weighted by Gasteiger charge is -2.03. The van der Waals surface area contributed by atoms with Gasteiger partial charge in [0.15, 0.2) is 11.6 Å². The van der Waals surface area contributed by atoms with Crippen molar-refractivity contribution in [2.75, 3.05) is 0 Å². The summed E-state index contributed by atoms with van der Waals surface area (Å²) in [5, 5.41) is 19.3. The summed E-state index contributed by atoms with van der Waals surface area (Å²) in [6, 6.07) is 3.86. The molecule has 0 unspecified atom stereocenters. The molecular weight excluding hydrogens is 278 g/mol. The molecule has 2 aromatic rings. The van der Waals surface area contributed by atoms with E-state index in [1.54, 1.807) is 0 Å². The maximum atomic E-state index is 13.4. The fourth-order valence-corrected chi connectivity index (χ4v) is 2.18. The van der Waals surface area contributed by atoms with E-state index in [4.69, 9.17) is 5.11 Å². The summed E-state index contributed by atoms with van der Waals surface area (Å²) < 4.78 is 27.5. The number of hydrogen-bond donors (Lipinski definition) is 1. The predicted molar refractivity (Wildman–Crippen MR) is 61.4 cm³/mol. The molecular formula is C10H8F2N4O2S. The van der Waals surface area contributed by atoms with Crippen molar-refractivity contribution in [1.82, 2.24) is 20.2 Å². The van der Waals surface area contributed by atoms with Gasteiger partial charge in [-0.05, 0) is 16.5 Å². The van der Waals surface area contributed by atoms with Gasteiger partial charge in [0.2, 0.25) is 5.16 Å². The molecule has 0 aliphatic carbocycles. The monoisotopic (exact) mass is 286 g/mol. The zero-order valence-electron chi connectivity index (χ0n) is 9.45. The molecule has 0 spiro atoms. The fourth-order valence-electron chi connectivity index (χ4n) is 1.33. The Labute approximate surface area is 110 Å². The number of aromatic nitrogens is 4. The Hall–Kier alpha value is -2.03. The molecule has 0 bridgehead atoms. The minimum atomic E-state index is -1.09. The summed E-state index contributed by atoms with van der Waals surface area (Å²) in [6.45, 7) is -0.388. The van der Waals surface area contributed by atoms with Crippen LogP contribution in [0.15, 0.2) is 23.4 Å².